The number of aromatic nitrogens is 3. The number of halogens is 2. The fraction of sp³-hybridized carbons (Fsp3) is 0.667. The second-order valence-corrected chi connectivity index (χ2v) is 3.78. The quantitative estimate of drug-likeness (QED) is 0.850. The van der Waals surface area contributed by atoms with Gasteiger partial charge >= 0.3 is 0 Å². The van der Waals surface area contributed by atoms with E-state index in [1.165, 1.54) is 7.05 Å². The van der Waals surface area contributed by atoms with E-state index in [4.69, 9.17) is 0 Å². The van der Waals surface area contributed by atoms with Gasteiger partial charge in [0.2, 0.25) is 5.82 Å². The van der Waals surface area contributed by atoms with Crippen molar-refractivity contribution < 1.29 is 13.6 Å². The van der Waals surface area contributed by atoms with E-state index in [0.717, 1.165) is 4.90 Å². The fourth-order valence-corrected chi connectivity index (χ4v) is 1.09. The Hall–Kier alpha value is -1.53. The SMILES string of the molecule is CC(C)c1nc(C(=O)N(C)CC(F)F)n[nH]1. The predicted octanol–water partition coefficient (Wildman–Crippen LogP) is 1.27. The van der Waals surface area contributed by atoms with Gasteiger partial charge in [0.1, 0.15) is 5.82 Å². The molecule has 0 spiro atoms. The Kier molecular flexibility index (Phi) is 3.92. The van der Waals surface area contributed by atoms with Gasteiger partial charge < -0.3 is 4.90 Å². The van der Waals surface area contributed by atoms with Crippen LogP contribution in [0.4, 0.5) is 8.78 Å². The maximum absolute atomic E-state index is 12.1. The van der Waals surface area contributed by atoms with E-state index in [2.05, 4.69) is 15.2 Å². The summed E-state index contributed by atoms with van der Waals surface area (Å²) >= 11 is 0. The number of alkyl halides is 2. The van der Waals surface area contributed by atoms with E-state index in [1.54, 1.807) is 0 Å². The molecule has 1 rings (SSSR count). The largest absolute Gasteiger partial charge is 0.333 e. The molecule has 16 heavy (non-hydrogen) atoms. The molecule has 0 radical (unpaired) electrons. The maximum Gasteiger partial charge on any atom is 0.293 e. The van der Waals surface area contributed by atoms with E-state index in [-0.39, 0.29) is 11.7 Å². The van der Waals surface area contributed by atoms with E-state index >= 15 is 0 Å². The highest BCUT2D eigenvalue weighted by Gasteiger charge is 2.20. The average molecular weight is 232 g/mol. The van der Waals surface area contributed by atoms with E-state index in [1.807, 2.05) is 13.8 Å². The molecule has 0 atom stereocenters. The predicted molar refractivity (Wildman–Crippen MR) is 53.4 cm³/mol. The number of amides is 1. The lowest BCUT2D eigenvalue weighted by molar-refractivity contribution is 0.0610. The highest BCUT2D eigenvalue weighted by molar-refractivity contribution is 5.90. The summed E-state index contributed by atoms with van der Waals surface area (Å²) in [6, 6.07) is 0. The highest BCUT2D eigenvalue weighted by Crippen LogP contribution is 2.09. The third-order valence-electron chi connectivity index (χ3n) is 2.00. The normalized spacial score (nSPS) is 11.2. The average Bonchev–Trinajstić information content (AvgIpc) is 2.64. The van der Waals surface area contributed by atoms with Crippen LogP contribution in [-0.2, 0) is 0 Å². The third kappa shape index (κ3) is 2.98. The number of aromatic amines is 1. The van der Waals surface area contributed by atoms with Crippen LogP contribution in [0.2, 0.25) is 0 Å². The fourth-order valence-electron chi connectivity index (χ4n) is 1.09. The topological polar surface area (TPSA) is 61.9 Å². The van der Waals surface area contributed by atoms with Gasteiger partial charge in [-0.05, 0) is 0 Å². The van der Waals surface area contributed by atoms with Crippen molar-refractivity contribution in [3.05, 3.63) is 11.6 Å². The van der Waals surface area contributed by atoms with Crippen molar-refractivity contribution in [1.82, 2.24) is 20.1 Å². The molecule has 1 aromatic rings. The lowest BCUT2D eigenvalue weighted by Gasteiger charge is -2.13. The molecule has 0 saturated heterocycles. The molecule has 1 N–H and O–H groups in total. The van der Waals surface area contributed by atoms with Crippen molar-refractivity contribution in [3.63, 3.8) is 0 Å². The maximum atomic E-state index is 12.1. The molecule has 0 saturated carbocycles. The summed E-state index contributed by atoms with van der Waals surface area (Å²) in [5, 5.41) is 6.29. The lowest BCUT2D eigenvalue weighted by Crippen LogP contribution is -2.32. The van der Waals surface area contributed by atoms with Crippen LogP contribution in [0.15, 0.2) is 0 Å². The minimum Gasteiger partial charge on any atom is -0.333 e. The van der Waals surface area contributed by atoms with Crippen molar-refractivity contribution in [3.8, 4) is 0 Å². The standard InChI is InChI=1S/C9H14F2N4O/c1-5(2)7-12-8(14-13-7)9(16)15(3)4-6(10)11/h5-6H,4H2,1-3H3,(H,12,13,14). The van der Waals surface area contributed by atoms with E-state index in [9.17, 15) is 13.6 Å². The summed E-state index contributed by atoms with van der Waals surface area (Å²) in [6.07, 6.45) is -2.56. The molecular formula is C9H14F2N4O. The van der Waals surface area contributed by atoms with E-state index in [0.29, 0.717) is 5.82 Å². The van der Waals surface area contributed by atoms with Crippen molar-refractivity contribution >= 4 is 5.91 Å². The molecule has 1 aromatic heterocycles. The number of nitrogens with one attached hydrogen (secondary N) is 1. The number of carbonyl (C=O) groups excluding carboxylic acids is 1. The van der Waals surface area contributed by atoms with Gasteiger partial charge in [0.05, 0.1) is 6.54 Å². The summed E-state index contributed by atoms with van der Waals surface area (Å²) in [4.78, 5) is 16.4. The summed E-state index contributed by atoms with van der Waals surface area (Å²) in [6.45, 7) is 3.15. The third-order valence-corrected chi connectivity index (χ3v) is 2.00. The molecule has 0 aliphatic rings. The molecule has 90 valence electrons. The zero-order valence-corrected chi connectivity index (χ0v) is 9.37. The smallest absolute Gasteiger partial charge is 0.293 e. The van der Waals surface area contributed by atoms with Crippen molar-refractivity contribution in [2.24, 2.45) is 0 Å². The number of nitrogens with zero attached hydrogens (tertiary/aromatic N) is 3. The first kappa shape index (κ1) is 12.5. The van der Waals surface area contributed by atoms with Gasteiger partial charge in [-0.3, -0.25) is 9.89 Å². The Morgan fingerprint density at radius 3 is 2.56 bits per heavy atom. The minimum absolute atomic E-state index is 0.0770. The van der Waals surface area contributed by atoms with Gasteiger partial charge in [-0.2, -0.15) is 0 Å². The summed E-state index contributed by atoms with van der Waals surface area (Å²) in [5.41, 5.74) is 0. The molecule has 0 unspecified atom stereocenters. The molecular weight excluding hydrogens is 218 g/mol. The molecule has 0 aromatic carbocycles. The molecule has 0 aliphatic carbocycles. The second-order valence-electron chi connectivity index (χ2n) is 3.78. The Bertz CT molecular complexity index is 364. The first-order chi connectivity index (χ1) is 7.41. The molecule has 1 heterocycles. The first-order valence-electron chi connectivity index (χ1n) is 4.87. The Labute approximate surface area is 91.9 Å². The zero-order valence-electron chi connectivity index (χ0n) is 9.37. The Morgan fingerprint density at radius 1 is 1.50 bits per heavy atom. The highest BCUT2D eigenvalue weighted by atomic mass is 19.3. The van der Waals surface area contributed by atoms with Gasteiger partial charge in [0.25, 0.3) is 12.3 Å². The number of hydrogen-bond donors (Lipinski definition) is 1. The lowest BCUT2D eigenvalue weighted by atomic mass is 10.2. The number of rotatable bonds is 4. The minimum atomic E-state index is -2.56. The van der Waals surface area contributed by atoms with Crippen LogP contribution in [0.5, 0.6) is 0 Å². The summed E-state index contributed by atoms with van der Waals surface area (Å²) < 4.78 is 24.1. The summed E-state index contributed by atoms with van der Waals surface area (Å²) in [5.74, 6) is -0.0152. The Morgan fingerprint density at radius 2 is 2.12 bits per heavy atom. The number of hydrogen-bond acceptors (Lipinski definition) is 3. The van der Waals surface area contributed by atoms with Gasteiger partial charge in [-0.1, -0.05) is 13.8 Å². The molecule has 0 fully saturated rings. The summed E-state index contributed by atoms with van der Waals surface area (Å²) in [7, 11) is 1.29. The van der Waals surface area contributed by atoms with Crippen LogP contribution in [0, 0.1) is 0 Å². The van der Waals surface area contributed by atoms with Crippen LogP contribution in [0.3, 0.4) is 0 Å². The van der Waals surface area contributed by atoms with Gasteiger partial charge in [-0.25, -0.2) is 13.8 Å². The molecule has 1 amide bonds. The second kappa shape index (κ2) is 5.00. The van der Waals surface area contributed by atoms with Crippen molar-refractivity contribution in [1.29, 1.82) is 0 Å². The van der Waals surface area contributed by atoms with Gasteiger partial charge in [0, 0.05) is 13.0 Å². The molecule has 5 nitrogen and oxygen atoms in total. The van der Waals surface area contributed by atoms with Crippen LogP contribution in [-0.4, -0.2) is 46.0 Å². The number of H-pyrrole nitrogens is 1. The van der Waals surface area contributed by atoms with Gasteiger partial charge in [-0.15, -0.1) is 5.10 Å². The monoisotopic (exact) mass is 232 g/mol. The number of carbonyl (C=O) groups is 1. The van der Waals surface area contributed by atoms with Crippen LogP contribution in [0.1, 0.15) is 36.2 Å². The van der Waals surface area contributed by atoms with Gasteiger partial charge in [0.15, 0.2) is 0 Å². The zero-order chi connectivity index (χ0) is 12.3. The van der Waals surface area contributed by atoms with Crippen LogP contribution >= 0.6 is 0 Å². The van der Waals surface area contributed by atoms with Crippen molar-refractivity contribution in [2.45, 2.75) is 26.2 Å². The van der Waals surface area contributed by atoms with E-state index < -0.39 is 18.9 Å². The van der Waals surface area contributed by atoms with Crippen LogP contribution in [0.25, 0.3) is 0 Å². The molecule has 7 heteroatoms. The van der Waals surface area contributed by atoms with Crippen molar-refractivity contribution in [2.75, 3.05) is 13.6 Å². The Balaban J connectivity index is 2.72. The van der Waals surface area contributed by atoms with Crippen LogP contribution < -0.4 is 0 Å². The molecule has 0 aliphatic heterocycles. The molecule has 0 bridgehead atoms. The first-order valence-corrected chi connectivity index (χ1v) is 4.87.